The second-order valence-electron chi connectivity index (χ2n) is 11.3. The van der Waals surface area contributed by atoms with Crippen LogP contribution in [0.15, 0.2) is 0 Å². The first-order chi connectivity index (χ1) is 16.5. The monoisotopic (exact) mass is 543 g/mol. The minimum atomic E-state index is 0. The van der Waals surface area contributed by atoms with Crippen LogP contribution in [-0.4, -0.2) is 61.3 Å². The second-order valence-corrected chi connectivity index (χ2v) is 11.3. The highest BCUT2D eigenvalue weighted by Crippen LogP contribution is 2.17. The van der Waals surface area contributed by atoms with E-state index in [2.05, 4.69) is 55.4 Å². The van der Waals surface area contributed by atoms with Crippen LogP contribution < -0.4 is 9.41 Å². The third-order valence-corrected chi connectivity index (χ3v) is 7.89. The van der Waals surface area contributed by atoms with Crippen LogP contribution in [0, 0.1) is 0 Å². The molecule has 0 radical (unpaired) electrons. The van der Waals surface area contributed by atoms with Gasteiger partial charge in [0.15, 0.2) is 0 Å². The number of halogens is 3. The van der Waals surface area contributed by atoms with Crippen LogP contribution in [0.4, 0.5) is 4.70 Å². The number of quaternary nitrogens is 2. The van der Waals surface area contributed by atoms with Gasteiger partial charge in [0.05, 0.1) is 52.4 Å². The zero-order chi connectivity index (χ0) is 26.0. The van der Waals surface area contributed by atoms with Crippen molar-refractivity contribution >= 4 is 0 Å². The fourth-order valence-corrected chi connectivity index (χ4v) is 5.29. The Hall–Kier alpha value is -0.290. The second kappa shape index (κ2) is 33.7. The lowest BCUT2D eigenvalue weighted by molar-refractivity contribution is -0.929. The predicted octanol–water partition coefficient (Wildman–Crippen LogP) is 4.17. The molecule has 0 aromatic carbocycles. The Labute approximate surface area is 233 Å². The average molecular weight is 543 g/mol. The molecule has 0 aliphatic rings. The quantitative estimate of drug-likeness (QED) is 0.161. The van der Waals surface area contributed by atoms with Gasteiger partial charge in [-0.1, -0.05) is 107 Å². The van der Waals surface area contributed by atoms with Gasteiger partial charge >= 0.3 is 0 Å². The first-order valence-corrected chi connectivity index (χ1v) is 16.2. The number of rotatable bonds is 24. The summed E-state index contributed by atoms with van der Waals surface area (Å²) in [6, 6.07) is 0. The van der Waals surface area contributed by atoms with E-state index in [9.17, 15) is 0 Å². The molecule has 0 aromatic rings. The Morgan fingerprint density at radius 3 is 0.459 bits per heavy atom. The van der Waals surface area contributed by atoms with Gasteiger partial charge in [0, 0.05) is 0 Å². The molecular formula is C32H73F3N2. The summed E-state index contributed by atoms with van der Waals surface area (Å²) >= 11 is 0. The van der Waals surface area contributed by atoms with Crippen LogP contribution in [0.1, 0.15) is 158 Å². The SMILES string of the molecule is CCCC[N+](CCCC)(CCCC)CCCC.CCCC[N+](CCCC)(CCCC)CCCC.F.[F-].[F-]. The molecule has 232 valence electrons. The van der Waals surface area contributed by atoms with E-state index in [-0.39, 0.29) is 14.1 Å². The summed E-state index contributed by atoms with van der Waals surface area (Å²) in [6.07, 6.45) is 22.1. The van der Waals surface area contributed by atoms with E-state index in [1.54, 1.807) is 0 Å². The van der Waals surface area contributed by atoms with E-state index in [1.807, 2.05) is 0 Å². The molecule has 0 aromatic heterocycles. The molecule has 0 N–H and O–H groups in total. The molecule has 0 saturated carbocycles. The van der Waals surface area contributed by atoms with Crippen molar-refractivity contribution in [2.45, 2.75) is 158 Å². The summed E-state index contributed by atoms with van der Waals surface area (Å²) < 4.78 is 2.84. The molecule has 0 aliphatic heterocycles. The van der Waals surface area contributed by atoms with Crippen LogP contribution in [0.5, 0.6) is 0 Å². The maximum absolute atomic E-state index is 2.33. The Kier molecular flexibility index (Phi) is 42.5. The number of hydrogen-bond acceptors (Lipinski definition) is 0. The van der Waals surface area contributed by atoms with Crippen LogP contribution >= 0.6 is 0 Å². The minimum absolute atomic E-state index is 0. The zero-order valence-electron chi connectivity index (χ0n) is 27.0. The van der Waals surface area contributed by atoms with Gasteiger partial charge in [0.25, 0.3) is 0 Å². The summed E-state index contributed by atoms with van der Waals surface area (Å²) in [5.74, 6) is 0. The summed E-state index contributed by atoms with van der Waals surface area (Å²) in [5.41, 5.74) is 0. The summed E-state index contributed by atoms with van der Waals surface area (Å²) in [5, 5.41) is 0. The Balaban J connectivity index is -0.000000171. The highest BCUT2D eigenvalue weighted by atomic mass is 19.0. The van der Waals surface area contributed by atoms with Crippen molar-refractivity contribution in [3.63, 3.8) is 0 Å². The third-order valence-electron chi connectivity index (χ3n) is 7.89. The average Bonchev–Trinajstić information content (AvgIpc) is 2.87. The van der Waals surface area contributed by atoms with E-state index in [0.717, 1.165) is 0 Å². The van der Waals surface area contributed by atoms with Crippen molar-refractivity contribution in [1.82, 2.24) is 0 Å². The first-order valence-electron chi connectivity index (χ1n) is 16.2. The smallest absolute Gasteiger partial charge is 0.0786 e. The van der Waals surface area contributed by atoms with E-state index >= 15 is 0 Å². The van der Waals surface area contributed by atoms with E-state index in [0.29, 0.717) is 0 Å². The van der Waals surface area contributed by atoms with Crippen molar-refractivity contribution < 1.29 is 23.1 Å². The molecule has 0 spiro atoms. The van der Waals surface area contributed by atoms with Crippen LogP contribution in [0.2, 0.25) is 0 Å². The fourth-order valence-electron chi connectivity index (χ4n) is 5.29. The number of unbranched alkanes of at least 4 members (excludes halogenated alkanes) is 8. The highest BCUT2D eigenvalue weighted by molar-refractivity contribution is 4.50. The summed E-state index contributed by atoms with van der Waals surface area (Å²) in [7, 11) is 0. The van der Waals surface area contributed by atoms with Gasteiger partial charge in [0.2, 0.25) is 0 Å². The summed E-state index contributed by atoms with van der Waals surface area (Å²) in [4.78, 5) is 0. The molecule has 0 rings (SSSR count). The largest absolute Gasteiger partial charge is 1.00 e. The molecular weight excluding hydrogens is 469 g/mol. The van der Waals surface area contributed by atoms with Crippen molar-refractivity contribution in [3.05, 3.63) is 0 Å². The summed E-state index contributed by atoms with van der Waals surface area (Å²) in [6.45, 7) is 30.0. The lowest BCUT2D eigenvalue weighted by Crippen LogP contribution is -3.00. The molecule has 0 atom stereocenters. The Morgan fingerprint density at radius 1 is 0.270 bits per heavy atom. The van der Waals surface area contributed by atoms with Gasteiger partial charge in [-0.3, -0.25) is 4.70 Å². The first kappa shape index (κ1) is 46.6. The van der Waals surface area contributed by atoms with E-state index < -0.39 is 0 Å². The normalized spacial score (nSPS) is 11.0. The molecule has 0 amide bonds. The van der Waals surface area contributed by atoms with Crippen LogP contribution in [0.25, 0.3) is 0 Å². The van der Waals surface area contributed by atoms with Gasteiger partial charge in [-0.25, -0.2) is 0 Å². The zero-order valence-corrected chi connectivity index (χ0v) is 27.0. The standard InChI is InChI=1S/2C16H36N.3FH/c2*1-5-9-13-17(14-10-6-2,15-11-7-3)16-12-8-4;;;/h2*5-16H2,1-4H3;3*1H/q2*+1;;;/p-2. The van der Waals surface area contributed by atoms with Crippen molar-refractivity contribution in [3.8, 4) is 0 Å². The Bertz CT molecular complexity index is 283. The van der Waals surface area contributed by atoms with Crippen molar-refractivity contribution in [1.29, 1.82) is 0 Å². The molecule has 0 fully saturated rings. The maximum Gasteiger partial charge on any atom is 0.0786 e. The minimum Gasteiger partial charge on any atom is -1.00 e. The molecule has 2 nitrogen and oxygen atoms in total. The molecule has 37 heavy (non-hydrogen) atoms. The van der Waals surface area contributed by atoms with Gasteiger partial charge < -0.3 is 18.4 Å². The highest BCUT2D eigenvalue weighted by Gasteiger charge is 2.25. The van der Waals surface area contributed by atoms with Gasteiger partial charge in [0.1, 0.15) is 0 Å². The maximum atomic E-state index is 2.33. The fraction of sp³-hybridized carbons (Fsp3) is 1.00. The van der Waals surface area contributed by atoms with Crippen LogP contribution in [-0.2, 0) is 0 Å². The van der Waals surface area contributed by atoms with E-state index in [1.165, 1.54) is 164 Å². The molecule has 0 unspecified atom stereocenters. The van der Waals surface area contributed by atoms with Crippen molar-refractivity contribution in [2.24, 2.45) is 0 Å². The van der Waals surface area contributed by atoms with Crippen molar-refractivity contribution in [2.75, 3.05) is 52.4 Å². The van der Waals surface area contributed by atoms with Gasteiger partial charge in [-0.15, -0.1) is 0 Å². The number of hydrogen-bond donors (Lipinski definition) is 0. The lowest BCUT2D eigenvalue weighted by atomic mass is 10.1. The number of nitrogens with zero attached hydrogens (tertiary/aromatic N) is 2. The molecule has 0 saturated heterocycles. The molecule has 0 bridgehead atoms. The topological polar surface area (TPSA) is 0 Å². The third kappa shape index (κ3) is 25.7. The molecule has 0 heterocycles. The van der Waals surface area contributed by atoms with Gasteiger partial charge in [-0.05, 0) is 51.4 Å². The predicted molar refractivity (Wildman–Crippen MR) is 161 cm³/mol. The molecule has 0 aliphatic carbocycles. The van der Waals surface area contributed by atoms with Crippen LogP contribution in [0.3, 0.4) is 0 Å². The molecule has 5 heteroatoms. The Morgan fingerprint density at radius 2 is 0.378 bits per heavy atom. The lowest BCUT2D eigenvalue weighted by Gasteiger charge is -2.39. The van der Waals surface area contributed by atoms with Gasteiger partial charge in [-0.2, -0.15) is 0 Å². The van der Waals surface area contributed by atoms with E-state index in [4.69, 9.17) is 0 Å².